The molecule has 1 N–H and O–H groups in total. The second-order valence-corrected chi connectivity index (χ2v) is 3.74. The number of nitrogens with zero attached hydrogens (tertiary/aromatic N) is 2. The Kier molecular flexibility index (Phi) is 4.07. The van der Waals surface area contributed by atoms with Crippen LogP contribution in [0, 0.1) is 10.1 Å². The number of aromatic amines is 1. The van der Waals surface area contributed by atoms with Gasteiger partial charge in [0.15, 0.2) is 5.78 Å². The van der Waals surface area contributed by atoms with Crippen LogP contribution in [0.3, 0.4) is 0 Å². The van der Waals surface area contributed by atoms with Crippen LogP contribution < -0.4 is 0 Å². The van der Waals surface area contributed by atoms with Crippen LogP contribution in [0.15, 0.2) is 12.3 Å². The molecule has 0 saturated heterocycles. The van der Waals surface area contributed by atoms with Crippen molar-refractivity contribution in [3.8, 4) is 0 Å². The SMILES string of the molecule is CN(CC(=O)c1cc([N+](=O)[O-])c[nH]1)CC(F)(F)F. The van der Waals surface area contributed by atoms with Crippen LogP contribution in [0.1, 0.15) is 10.5 Å². The molecule has 0 amide bonds. The van der Waals surface area contributed by atoms with E-state index in [2.05, 4.69) is 4.98 Å². The largest absolute Gasteiger partial charge is 0.401 e. The van der Waals surface area contributed by atoms with Gasteiger partial charge in [0, 0.05) is 6.07 Å². The molecule has 1 aromatic rings. The van der Waals surface area contributed by atoms with Crippen molar-refractivity contribution in [3.05, 3.63) is 28.1 Å². The van der Waals surface area contributed by atoms with E-state index in [0.29, 0.717) is 0 Å². The van der Waals surface area contributed by atoms with Gasteiger partial charge in [0.25, 0.3) is 5.69 Å². The van der Waals surface area contributed by atoms with Crippen molar-refractivity contribution in [2.24, 2.45) is 0 Å². The fourth-order valence-electron chi connectivity index (χ4n) is 1.34. The zero-order chi connectivity index (χ0) is 13.9. The van der Waals surface area contributed by atoms with Crippen molar-refractivity contribution in [1.82, 2.24) is 9.88 Å². The predicted octanol–water partition coefficient (Wildman–Crippen LogP) is 1.60. The fraction of sp³-hybridized carbons (Fsp3) is 0.444. The summed E-state index contributed by atoms with van der Waals surface area (Å²) in [5.74, 6) is -0.644. The molecule has 0 aliphatic rings. The summed E-state index contributed by atoms with van der Waals surface area (Å²) in [4.78, 5) is 24.3. The minimum atomic E-state index is -4.39. The number of halogens is 3. The van der Waals surface area contributed by atoms with Crippen molar-refractivity contribution in [1.29, 1.82) is 0 Å². The van der Waals surface area contributed by atoms with E-state index >= 15 is 0 Å². The van der Waals surface area contributed by atoms with Gasteiger partial charge in [0.2, 0.25) is 0 Å². The van der Waals surface area contributed by atoms with E-state index in [-0.39, 0.29) is 11.4 Å². The maximum Gasteiger partial charge on any atom is 0.401 e. The maximum absolute atomic E-state index is 12.0. The molecular formula is C9H10F3N3O3. The summed E-state index contributed by atoms with van der Waals surface area (Å²) >= 11 is 0. The highest BCUT2D eigenvalue weighted by molar-refractivity contribution is 5.96. The molecule has 0 saturated carbocycles. The third-order valence-corrected chi connectivity index (χ3v) is 2.04. The Labute approximate surface area is 99.5 Å². The highest BCUT2D eigenvalue weighted by Gasteiger charge is 2.30. The smallest absolute Gasteiger partial charge is 0.353 e. The van der Waals surface area contributed by atoms with E-state index in [1.54, 1.807) is 0 Å². The summed E-state index contributed by atoms with van der Waals surface area (Å²) in [5, 5.41) is 10.4. The second-order valence-electron chi connectivity index (χ2n) is 3.74. The fourth-order valence-corrected chi connectivity index (χ4v) is 1.34. The number of hydrogen-bond donors (Lipinski definition) is 1. The van der Waals surface area contributed by atoms with E-state index in [1.165, 1.54) is 0 Å². The first-order chi connectivity index (χ1) is 8.19. The van der Waals surface area contributed by atoms with E-state index in [0.717, 1.165) is 24.2 Å². The summed E-state index contributed by atoms with van der Waals surface area (Å²) in [5.41, 5.74) is -0.396. The topological polar surface area (TPSA) is 79.2 Å². The number of H-pyrrole nitrogens is 1. The van der Waals surface area contributed by atoms with Crippen LogP contribution in [0.4, 0.5) is 18.9 Å². The van der Waals surface area contributed by atoms with Gasteiger partial charge in [0.05, 0.1) is 29.9 Å². The number of aromatic nitrogens is 1. The third-order valence-electron chi connectivity index (χ3n) is 2.04. The van der Waals surface area contributed by atoms with Crippen molar-refractivity contribution in [3.63, 3.8) is 0 Å². The Bertz CT molecular complexity index is 455. The van der Waals surface area contributed by atoms with E-state index in [1.807, 2.05) is 0 Å². The average molecular weight is 265 g/mol. The Balaban J connectivity index is 2.62. The monoisotopic (exact) mass is 265 g/mol. The van der Waals surface area contributed by atoms with Crippen molar-refractivity contribution < 1.29 is 22.9 Å². The molecule has 1 aromatic heterocycles. The Morgan fingerprint density at radius 3 is 2.61 bits per heavy atom. The normalized spacial score (nSPS) is 11.8. The molecule has 0 aromatic carbocycles. The Morgan fingerprint density at radius 2 is 2.17 bits per heavy atom. The molecule has 1 heterocycles. The lowest BCUT2D eigenvalue weighted by molar-refractivity contribution is -0.384. The lowest BCUT2D eigenvalue weighted by Crippen LogP contribution is -2.34. The number of ketones is 1. The van der Waals surface area contributed by atoms with Gasteiger partial charge in [-0.3, -0.25) is 19.8 Å². The molecule has 0 unspecified atom stereocenters. The molecule has 0 aliphatic heterocycles. The number of carbonyl (C=O) groups excluding carboxylic acids is 1. The average Bonchev–Trinajstić information content (AvgIpc) is 2.62. The summed E-state index contributed by atoms with van der Waals surface area (Å²) in [6, 6.07) is 0.990. The first kappa shape index (κ1) is 14.2. The number of Topliss-reactive ketones (excluding diaryl/α,β-unsaturated/α-hetero) is 1. The molecule has 0 bridgehead atoms. The number of nitro groups is 1. The zero-order valence-corrected chi connectivity index (χ0v) is 9.32. The van der Waals surface area contributed by atoms with Crippen LogP contribution >= 0.6 is 0 Å². The Morgan fingerprint density at radius 1 is 1.56 bits per heavy atom. The van der Waals surface area contributed by atoms with Gasteiger partial charge in [-0.2, -0.15) is 13.2 Å². The van der Waals surface area contributed by atoms with Gasteiger partial charge in [-0.05, 0) is 7.05 Å². The van der Waals surface area contributed by atoms with Gasteiger partial charge in [-0.15, -0.1) is 0 Å². The van der Waals surface area contributed by atoms with Gasteiger partial charge in [0.1, 0.15) is 0 Å². The molecule has 18 heavy (non-hydrogen) atoms. The quantitative estimate of drug-likeness (QED) is 0.498. The first-order valence-electron chi connectivity index (χ1n) is 4.80. The predicted molar refractivity (Wildman–Crippen MR) is 55.3 cm³/mol. The minimum absolute atomic E-state index is 0.0873. The van der Waals surface area contributed by atoms with E-state index in [4.69, 9.17) is 0 Å². The van der Waals surface area contributed by atoms with Crippen LogP contribution in [0.25, 0.3) is 0 Å². The molecule has 0 aliphatic carbocycles. The summed E-state index contributed by atoms with van der Waals surface area (Å²) < 4.78 is 36.1. The van der Waals surface area contributed by atoms with Crippen LogP contribution in [0.2, 0.25) is 0 Å². The van der Waals surface area contributed by atoms with Gasteiger partial charge in [-0.1, -0.05) is 0 Å². The minimum Gasteiger partial charge on any atom is -0.353 e. The first-order valence-corrected chi connectivity index (χ1v) is 4.80. The molecule has 0 radical (unpaired) electrons. The second kappa shape index (κ2) is 5.17. The van der Waals surface area contributed by atoms with Crippen molar-refractivity contribution >= 4 is 11.5 Å². The van der Waals surface area contributed by atoms with Crippen LogP contribution in [-0.2, 0) is 0 Å². The maximum atomic E-state index is 12.0. The molecule has 100 valence electrons. The highest BCUT2D eigenvalue weighted by Crippen LogP contribution is 2.16. The van der Waals surface area contributed by atoms with Gasteiger partial charge < -0.3 is 4.98 Å². The van der Waals surface area contributed by atoms with Crippen molar-refractivity contribution in [2.75, 3.05) is 20.1 Å². The molecule has 0 fully saturated rings. The summed E-state index contributed by atoms with van der Waals surface area (Å²) in [6.45, 7) is -1.70. The molecule has 0 atom stereocenters. The number of rotatable bonds is 5. The number of likely N-dealkylation sites (N-methyl/N-ethyl adjacent to an activating group) is 1. The number of hydrogen-bond acceptors (Lipinski definition) is 4. The van der Waals surface area contributed by atoms with E-state index < -0.39 is 30.0 Å². The lowest BCUT2D eigenvalue weighted by atomic mass is 10.2. The number of carbonyl (C=O) groups is 1. The molecule has 9 heteroatoms. The van der Waals surface area contributed by atoms with Crippen molar-refractivity contribution in [2.45, 2.75) is 6.18 Å². The molecule has 6 nitrogen and oxygen atoms in total. The third kappa shape index (κ3) is 4.17. The van der Waals surface area contributed by atoms with Crippen LogP contribution in [0.5, 0.6) is 0 Å². The summed E-state index contributed by atoms with van der Waals surface area (Å²) in [7, 11) is 1.14. The zero-order valence-electron chi connectivity index (χ0n) is 9.32. The number of alkyl halides is 3. The van der Waals surface area contributed by atoms with Gasteiger partial charge >= 0.3 is 6.18 Å². The van der Waals surface area contributed by atoms with Gasteiger partial charge in [-0.25, -0.2) is 0 Å². The molecule has 1 rings (SSSR count). The number of nitrogens with one attached hydrogen (secondary N) is 1. The Hall–Kier alpha value is -1.90. The van der Waals surface area contributed by atoms with E-state index in [9.17, 15) is 28.1 Å². The highest BCUT2D eigenvalue weighted by atomic mass is 19.4. The molecular weight excluding hydrogens is 255 g/mol. The lowest BCUT2D eigenvalue weighted by Gasteiger charge is -2.16. The molecule has 0 spiro atoms. The standard InChI is InChI=1S/C9H10F3N3O3/c1-14(5-9(10,11)12)4-8(16)7-2-6(3-13-7)15(17)18/h2-3,13H,4-5H2,1H3. The van der Waals surface area contributed by atoms with Crippen LogP contribution in [-0.4, -0.2) is 46.9 Å². The summed E-state index contributed by atoms with van der Waals surface area (Å²) in [6.07, 6.45) is -3.38.